The van der Waals surface area contributed by atoms with Gasteiger partial charge in [0.05, 0.1) is 17.7 Å². The molecule has 4 unspecified atom stereocenters. The number of pyridine rings is 1. The number of cyclic esters (lactones) is 1. The lowest BCUT2D eigenvalue weighted by Gasteiger charge is -2.39. The van der Waals surface area contributed by atoms with Gasteiger partial charge in [0, 0.05) is 90.6 Å². The highest BCUT2D eigenvalue weighted by molar-refractivity contribution is 5.99. The predicted molar refractivity (Wildman–Crippen MR) is 327 cm³/mol. The summed E-state index contributed by atoms with van der Waals surface area (Å²) >= 11 is 0. The first kappa shape index (κ1) is 69.0. The molecule has 1 aromatic heterocycles. The molecule has 3 aromatic rings. The van der Waals surface area contributed by atoms with Crippen molar-refractivity contribution in [2.45, 2.75) is 189 Å². The molecule has 0 radical (unpaired) electrons. The molecule has 2 fully saturated rings. The van der Waals surface area contributed by atoms with Crippen LogP contribution in [0, 0.1) is 41.4 Å². The van der Waals surface area contributed by atoms with E-state index in [0.717, 1.165) is 16.0 Å². The molecule has 85 heavy (non-hydrogen) atoms. The zero-order valence-corrected chi connectivity index (χ0v) is 53.4. The van der Waals surface area contributed by atoms with Crippen molar-refractivity contribution in [3.05, 3.63) is 90.3 Å². The van der Waals surface area contributed by atoms with Crippen molar-refractivity contribution in [3.8, 4) is 11.1 Å². The SMILES string of the molecule is CCC(C)[C@@H]1CC(=O)[C@@H]2CCCN2C(=O)[C@H](Cc2cccc(-c3cccnc3)c2)N(C)C(=O)[C@H](Cc2ccccc2)NC(=O)[C@H](C(C)C)N(C)C(=O)[C@@H](C(C)CC)OC(=O)C(C(C)(C)O)N(C)C(=O)C(CC(C)C)CC(=O)[C@H](C(C)C)N(C)C1=O. The van der Waals surface area contributed by atoms with E-state index in [1.54, 1.807) is 47.1 Å². The second-order valence-corrected chi connectivity index (χ2v) is 25.7. The molecule has 0 spiro atoms. The van der Waals surface area contributed by atoms with Gasteiger partial charge in [0.25, 0.3) is 5.91 Å². The number of hydrogen-bond acceptors (Lipinski definition) is 12. The monoisotopic (exact) mass is 1180 g/mol. The number of esters is 1. The van der Waals surface area contributed by atoms with Gasteiger partial charge in [-0.05, 0) is 91.5 Å². The number of hydrogen-bond donors (Lipinski definition) is 2. The summed E-state index contributed by atoms with van der Waals surface area (Å²) in [4.78, 5) is 147. The molecule has 2 aliphatic rings. The summed E-state index contributed by atoms with van der Waals surface area (Å²) in [6.45, 7) is 21.1. The van der Waals surface area contributed by atoms with Crippen LogP contribution in [0.4, 0.5) is 0 Å². The summed E-state index contributed by atoms with van der Waals surface area (Å²) in [7, 11) is 5.83. The zero-order chi connectivity index (χ0) is 63.4. The number of ether oxygens (including phenoxy) is 1. The maximum Gasteiger partial charge on any atom is 0.332 e. The van der Waals surface area contributed by atoms with Gasteiger partial charge in [-0.25, -0.2) is 4.79 Å². The lowest BCUT2D eigenvalue weighted by atomic mass is 9.82. The average molecular weight is 1180 g/mol. The molecule has 18 heteroatoms. The minimum Gasteiger partial charge on any atom is -0.450 e. The van der Waals surface area contributed by atoms with E-state index >= 15 is 28.8 Å². The molecule has 2 aliphatic heterocycles. The third-order valence-corrected chi connectivity index (χ3v) is 17.5. The summed E-state index contributed by atoms with van der Waals surface area (Å²) in [6, 6.07) is 13.0. The highest BCUT2D eigenvalue weighted by Gasteiger charge is 2.48. The lowest BCUT2D eigenvalue weighted by molar-refractivity contribution is -0.178. The lowest BCUT2D eigenvalue weighted by Crippen LogP contribution is -2.61. The first-order valence-corrected chi connectivity index (χ1v) is 30.6. The number of nitrogens with zero attached hydrogens (tertiary/aromatic N) is 6. The van der Waals surface area contributed by atoms with Gasteiger partial charge in [-0.15, -0.1) is 0 Å². The number of carbonyl (C=O) groups is 9. The van der Waals surface area contributed by atoms with Crippen LogP contribution < -0.4 is 5.32 Å². The van der Waals surface area contributed by atoms with Gasteiger partial charge in [-0.3, -0.25) is 43.3 Å². The van der Waals surface area contributed by atoms with Crippen molar-refractivity contribution >= 4 is 53.0 Å². The van der Waals surface area contributed by atoms with Crippen LogP contribution in [0.5, 0.6) is 0 Å². The van der Waals surface area contributed by atoms with Crippen LogP contribution in [-0.2, 0) is 60.7 Å². The molecule has 2 saturated heterocycles. The van der Waals surface area contributed by atoms with Crippen molar-refractivity contribution < 1.29 is 53.0 Å². The van der Waals surface area contributed by atoms with Crippen LogP contribution in [0.3, 0.4) is 0 Å². The van der Waals surface area contributed by atoms with E-state index in [2.05, 4.69) is 10.3 Å². The molecule has 18 nitrogen and oxygen atoms in total. The standard InChI is InChI=1S/C67H97N7O11/c1-17-43(9)50-38-54(75)52-30-24-32-74(52)64(81)53(36-46-27-22-28-47(34-46)48-29-23-31-68-39-48)70(13)63(80)51(35-45-25-20-19-21-26-45)69-60(77)57(42(7)8)72(15)65(82)58(44(10)18-2)85-66(83)59(67(11,12)84)73(16)61(78)49(33-40(3)4)37-55(76)56(41(5)6)71(14)62(50)79/h19-23,25-29,31,34,39-44,49-53,56-59,84H,17-18,24,30,32-33,35-38H2,1-16H3,(H,69,77)/t43?,44?,49?,50-,51-,52-,53-,56-,57-,58+,59?/m0/s1. The summed E-state index contributed by atoms with van der Waals surface area (Å²) in [5.41, 5.74) is 1.11. The minimum absolute atomic E-state index is 0.0112. The Morgan fingerprint density at radius 1 is 0.647 bits per heavy atom. The maximum absolute atomic E-state index is 15.7. The number of aliphatic hydroxyl groups is 1. The van der Waals surface area contributed by atoms with Crippen LogP contribution in [0.2, 0.25) is 0 Å². The van der Waals surface area contributed by atoms with E-state index in [4.69, 9.17) is 4.74 Å². The van der Waals surface area contributed by atoms with E-state index < -0.39 is 125 Å². The largest absolute Gasteiger partial charge is 0.450 e. The highest BCUT2D eigenvalue weighted by Crippen LogP contribution is 2.33. The summed E-state index contributed by atoms with van der Waals surface area (Å²) in [6.07, 6.45) is 3.17. The van der Waals surface area contributed by atoms with Gasteiger partial charge >= 0.3 is 5.97 Å². The van der Waals surface area contributed by atoms with Crippen LogP contribution in [0.25, 0.3) is 11.1 Å². The van der Waals surface area contributed by atoms with Crippen molar-refractivity contribution in [1.29, 1.82) is 0 Å². The van der Waals surface area contributed by atoms with E-state index in [1.807, 2.05) is 108 Å². The number of aromatic nitrogens is 1. The Balaban J connectivity index is 1.73. The van der Waals surface area contributed by atoms with Crippen molar-refractivity contribution in [2.24, 2.45) is 41.4 Å². The van der Waals surface area contributed by atoms with Crippen LogP contribution in [0.1, 0.15) is 139 Å². The molecule has 0 bridgehead atoms. The van der Waals surface area contributed by atoms with E-state index in [0.29, 0.717) is 36.8 Å². The molecule has 6 amide bonds. The zero-order valence-electron chi connectivity index (χ0n) is 53.4. The Labute approximate surface area is 505 Å². The van der Waals surface area contributed by atoms with Gasteiger partial charge in [0.1, 0.15) is 18.1 Å². The molecule has 0 aliphatic carbocycles. The number of carbonyl (C=O) groups excluding carboxylic acids is 9. The molecular formula is C67H97N7O11. The number of fused-ring (bicyclic) bond motifs is 1. The predicted octanol–water partition coefficient (Wildman–Crippen LogP) is 7.62. The van der Waals surface area contributed by atoms with Gasteiger partial charge in [-0.2, -0.15) is 0 Å². The average Bonchev–Trinajstić information content (AvgIpc) is 2.75. The summed E-state index contributed by atoms with van der Waals surface area (Å²) < 4.78 is 6.15. The number of ketones is 2. The Morgan fingerprint density at radius 3 is 1.84 bits per heavy atom. The fourth-order valence-corrected chi connectivity index (χ4v) is 12.5. The Kier molecular flexibility index (Phi) is 24.7. The first-order valence-electron chi connectivity index (χ1n) is 30.6. The Hall–Kier alpha value is -6.82. The second kappa shape index (κ2) is 30.5. The van der Waals surface area contributed by atoms with Gasteiger partial charge in [0.2, 0.25) is 29.5 Å². The van der Waals surface area contributed by atoms with E-state index in [9.17, 15) is 19.5 Å². The number of amides is 6. The van der Waals surface area contributed by atoms with Gasteiger partial charge in [0.15, 0.2) is 23.7 Å². The maximum atomic E-state index is 15.7. The van der Waals surface area contributed by atoms with Gasteiger partial charge in [-0.1, -0.05) is 136 Å². The fourth-order valence-electron chi connectivity index (χ4n) is 12.5. The molecule has 3 heterocycles. The van der Waals surface area contributed by atoms with Crippen molar-refractivity contribution in [2.75, 3.05) is 34.7 Å². The normalized spacial score (nSPS) is 25.6. The molecule has 11 atom stereocenters. The summed E-state index contributed by atoms with van der Waals surface area (Å²) in [5, 5.41) is 14.8. The number of rotatable bonds is 14. The van der Waals surface area contributed by atoms with Crippen molar-refractivity contribution in [3.63, 3.8) is 0 Å². The van der Waals surface area contributed by atoms with Gasteiger partial charge < -0.3 is 39.7 Å². The van der Waals surface area contributed by atoms with Crippen LogP contribution in [0.15, 0.2) is 79.1 Å². The Morgan fingerprint density at radius 2 is 1.26 bits per heavy atom. The number of Topliss-reactive ketones (excluding diaryl/α,β-unsaturated/α-hetero) is 2. The smallest absolute Gasteiger partial charge is 0.332 e. The van der Waals surface area contributed by atoms with Crippen molar-refractivity contribution in [1.82, 2.24) is 34.8 Å². The van der Waals surface area contributed by atoms with E-state index in [1.165, 1.54) is 54.6 Å². The molecule has 5 rings (SSSR count). The molecule has 2 N–H and O–H groups in total. The molecule has 466 valence electrons. The molecular weight excluding hydrogens is 1080 g/mol. The Bertz CT molecular complexity index is 2800. The van der Waals surface area contributed by atoms with Crippen LogP contribution in [-0.4, -0.2) is 170 Å². The van der Waals surface area contributed by atoms with Crippen LogP contribution >= 0.6 is 0 Å². The quantitative estimate of drug-likeness (QED) is 0.149. The second-order valence-electron chi connectivity index (χ2n) is 25.7. The first-order chi connectivity index (χ1) is 39.9. The number of benzene rings is 2. The number of likely N-dealkylation sites (N-methyl/N-ethyl adjacent to an activating group) is 4. The topological polar surface area (TPSA) is 224 Å². The van der Waals surface area contributed by atoms with E-state index in [-0.39, 0.29) is 56.3 Å². The molecule has 2 aromatic carbocycles. The number of nitrogens with one attached hydrogen (secondary N) is 1. The fraction of sp³-hybridized carbons (Fsp3) is 0.612. The third-order valence-electron chi connectivity index (χ3n) is 17.5. The highest BCUT2D eigenvalue weighted by atomic mass is 16.6. The third kappa shape index (κ3) is 17.2. The molecule has 0 saturated carbocycles. The minimum atomic E-state index is -1.95. The summed E-state index contributed by atoms with van der Waals surface area (Å²) in [5.74, 6) is -9.47.